The number of likely N-dealkylation sites (tertiary alicyclic amines) is 1. The van der Waals surface area contributed by atoms with Crippen LogP contribution in [-0.2, 0) is 23.9 Å². The van der Waals surface area contributed by atoms with E-state index in [4.69, 9.17) is 9.47 Å². The Kier molecular flexibility index (Phi) is 18.6. The first-order chi connectivity index (χ1) is 25.9. The van der Waals surface area contributed by atoms with Crippen molar-refractivity contribution >= 4 is 46.3 Å². The van der Waals surface area contributed by atoms with E-state index in [0.29, 0.717) is 31.7 Å². The molecule has 2 amide bonds. The minimum Gasteiger partial charge on any atom is -0.426 e. The molecule has 54 heavy (non-hydrogen) atoms. The molecule has 5 rings (SSSR count). The number of amides is 2. The van der Waals surface area contributed by atoms with Gasteiger partial charge in [-0.1, -0.05) is 49.7 Å². The molecule has 0 radical (unpaired) electrons. The SMILES string of the molecule is CC(=O)Oc1c(C)cc(C)cc1C.CCCN(CCC)C1CCOCC1.CNc1c(N(C=O)C2CCN(C(=O)CCC(C)=O)CC2)cnc2ccccc12. The Bertz CT molecular complexity index is 1640. The molecule has 0 aliphatic carbocycles. The van der Waals surface area contributed by atoms with E-state index >= 15 is 0 Å². The number of piperidine rings is 1. The Labute approximate surface area is 322 Å². The molecule has 2 saturated heterocycles. The molecule has 1 N–H and O–H groups in total. The maximum absolute atomic E-state index is 12.2. The lowest BCUT2D eigenvalue weighted by Gasteiger charge is -2.37. The lowest BCUT2D eigenvalue weighted by Crippen LogP contribution is -2.46. The van der Waals surface area contributed by atoms with Crippen molar-refractivity contribution in [1.29, 1.82) is 0 Å². The molecule has 296 valence electrons. The van der Waals surface area contributed by atoms with Crippen molar-refractivity contribution in [3.63, 3.8) is 0 Å². The van der Waals surface area contributed by atoms with E-state index in [0.717, 1.165) is 59.1 Å². The number of hydrogen-bond acceptors (Lipinski definition) is 9. The van der Waals surface area contributed by atoms with Crippen LogP contribution < -0.4 is 15.0 Å². The van der Waals surface area contributed by atoms with E-state index in [-0.39, 0.29) is 36.5 Å². The predicted octanol–water partition coefficient (Wildman–Crippen LogP) is 7.42. The third-order valence-electron chi connectivity index (χ3n) is 9.88. The summed E-state index contributed by atoms with van der Waals surface area (Å²) in [4.78, 5) is 56.7. The van der Waals surface area contributed by atoms with Crippen molar-refractivity contribution in [3.05, 3.63) is 59.3 Å². The molecule has 1 aromatic heterocycles. The molecule has 0 saturated carbocycles. The van der Waals surface area contributed by atoms with Gasteiger partial charge in [0.15, 0.2) is 0 Å². The fraction of sp³-hybridized carbons (Fsp3) is 0.558. The Hall–Kier alpha value is -4.35. The summed E-state index contributed by atoms with van der Waals surface area (Å²) < 4.78 is 10.5. The van der Waals surface area contributed by atoms with Crippen molar-refractivity contribution in [3.8, 4) is 5.75 Å². The van der Waals surface area contributed by atoms with Gasteiger partial charge in [-0.15, -0.1) is 0 Å². The van der Waals surface area contributed by atoms with Crippen LogP contribution in [0.3, 0.4) is 0 Å². The van der Waals surface area contributed by atoms with Crippen LogP contribution in [0.5, 0.6) is 5.75 Å². The molecule has 11 heteroatoms. The number of ketones is 1. The third kappa shape index (κ3) is 13.2. The van der Waals surface area contributed by atoms with E-state index in [2.05, 4.69) is 29.0 Å². The summed E-state index contributed by atoms with van der Waals surface area (Å²) in [6, 6.07) is 12.6. The highest BCUT2D eigenvalue weighted by Gasteiger charge is 2.29. The molecule has 2 aliphatic rings. The number of rotatable bonds is 13. The van der Waals surface area contributed by atoms with Gasteiger partial charge in [0.2, 0.25) is 12.3 Å². The van der Waals surface area contributed by atoms with Crippen molar-refractivity contribution in [2.45, 2.75) is 112 Å². The van der Waals surface area contributed by atoms with Gasteiger partial charge in [0.1, 0.15) is 11.5 Å². The zero-order chi connectivity index (χ0) is 39.6. The van der Waals surface area contributed by atoms with Gasteiger partial charge < -0.3 is 34.3 Å². The summed E-state index contributed by atoms with van der Waals surface area (Å²) in [5.41, 5.74) is 5.69. The number of Topliss-reactive ketones (excluding diaryl/α,β-unsaturated/α-hetero) is 1. The van der Waals surface area contributed by atoms with Crippen LogP contribution in [-0.4, -0.2) is 97.4 Å². The van der Waals surface area contributed by atoms with E-state index in [9.17, 15) is 19.2 Å². The molecule has 2 aromatic carbocycles. The number of aromatic nitrogens is 1. The average molecular weight is 746 g/mol. The minimum atomic E-state index is -0.268. The topological polar surface area (TPSA) is 121 Å². The number of carbonyl (C=O) groups is 4. The number of benzene rings is 2. The highest BCUT2D eigenvalue weighted by molar-refractivity contribution is 6.00. The maximum Gasteiger partial charge on any atom is 0.308 e. The minimum absolute atomic E-state index is 0.00409. The summed E-state index contributed by atoms with van der Waals surface area (Å²) in [6.45, 7) is 19.0. The maximum atomic E-state index is 12.2. The zero-order valence-electron chi connectivity index (χ0n) is 33.9. The second-order valence-electron chi connectivity index (χ2n) is 14.3. The quantitative estimate of drug-likeness (QED) is 0.108. The van der Waals surface area contributed by atoms with Crippen molar-refractivity contribution in [2.24, 2.45) is 0 Å². The number of fused-ring (bicyclic) bond motifs is 1. The monoisotopic (exact) mass is 745 g/mol. The Morgan fingerprint density at radius 2 is 1.54 bits per heavy atom. The standard InChI is InChI=1S/C21H26N4O3.C11H23NO.C11H14O2/c1-15(27)7-8-20(28)24-11-9-16(10-12-24)25(14-26)19-13-23-18-6-4-3-5-17(18)21(19)22-2;1-3-7-12(8-4-2)11-5-9-13-10-6-11;1-7-5-8(2)11(9(3)6-7)13-10(4)12/h3-6,13-14,16H,7-12H2,1-2H3,(H,22,23);11H,3-10H2,1-2H3;5-6H,1-4H3. The molecule has 0 atom stereocenters. The van der Waals surface area contributed by atoms with Crippen LogP contribution in [0.1, 0.15) is 95.8 Å². The number of pyridine rings is 1. The summed E-state index contributed by atoms with van der Waals surface area (Å²) in [6.07, 6.45) is 9.54. The average Bonchev–Trinajstić information content (AvgIpc) is 3.16. The summed E-state index contributed by atoms with van der Waals surface area (Å²) in [5.74, 6) is 0.460. The molecule has 11 nitrogen and oxygen atoms in total. The van der Waals surface area contributed by atoms with E-state index in [1.165, 1.54) is 58.2 Å². The number of nitrogens with zero attached hydrogens (tertiary/aromatic N) is 4. The second-order valence-corrected chi connectivity index (χ2v) is 14.3. The highest BCUT2D eigenvalue weighted by atomic mass is 16.5. The van der Waals surface area contributed by atoms with E-state index < -0.39 is 0 Å². The van der Waals surface area contributed by atoms with Gasteiger partial charge in [-0.3, -0.25) is 19.4 Å². The molecule has 0 bridgehead atoms. The number of nitrogens with one attached hydrogen (secondary N) is 1. The van der Waals surface area contributed by atoms with Gasteiger partial charge in [-0.05, 0) is 96.5 Å². The second kappa shape index (κ2) is 22.8. The van der Waals surface area contributed by atoms with Crippen LogP contribution in [0.25, 0.3) is 10.9 Å². The third-order valence-corrected chi connectivity index (χ3v) is 9.88. The largest absolute Gasteiger partial charge is 0.426 e. The zero-order valence-corrected chi connectivity index (χ0v) is 33.9. The Morgan fingerprint density at radius 3 is 2.07 bits per heavy atom. The van der Waals surface area contributed by atoms with Crippen molar-refractivity contribution in [1.82, 2.24) is 14.8 Å². The summed E-state index contributed by atoms with van der Waals surface area (Å²) in [7, 11) is 1.84. The first-order valence-electron chi connectivity index (χ1n) is 19.6. The van der Waals surface area contributed by atoms with Gasteiger partial charge in [-0.2, -0.15) is 0 Å². The van der Waals surface area contributed by atoms with Gasteiger partial charge >= 0.3 is 5.97 Å². The summed E-state index contributed by atoms with van der Waals surface area (Å²) >= 11 is 0. The lowest BCUT2D eigenvalue weighted by atomic mass is 10.0. The lowest BCUT2D eigenvalue weighted by molar-refractivity contribution is -0.134. The number of ether oxygens (including phenoxy) is 2. The smallest absolute Gasteiger partial charge is 0.308 e. The van der Waals surface area contributed by atoms with E-state index in [1.54, 1.807) is 16.0 Å². The molecular formula is C43H63N5O6. The number of esters is 1. The van der Waals surface area contributed by atoms with Crippen LogP contribution in [0.2, 0.25) is 0 Å². The van der Waals surface area contributed by atoms with Gasteiger partial charge in [-0.25, -0.2) is 0 Å². The van der Waals surface area contributed by atoms with Crippen molar-refractivity contribution in [2.75, 3.05) is 56.7 Å². The van der Waals surface area contributed by atoms with Crippen LogP contribution in [0, 0.1) is 20.8 Å². The fourth-order valence-electron chi connectivity index (χ4n) is 7.34. The molecule has 0 spiro atoms. The van der Waals surface area contributed by atoms with Crippen molar-refractivity contribution < 1.29 is 28.7 Å². The van der Waals surface area contributed by atoms with Gasteiger partial charge in [0.25, 0.3) is 0 Å². The first-order valence-corrected chi connectivity index (χ1v) is 19.6. The molecule has 3 heterocycles. The molecule has 2 fully saturated rings. The molecular weight excluding hydrogens is 683 g/mol. The molecule has 2 aliphatic heterocycles. The predicted molar refractivity (Wildman–Crippen MR) is 217 cm³/mol. The number of para-hydroxylation sites is 1. The highest BCUT2D eigenvalue weighted by Crippen LogP contribution is 2.34. The van der Waals surface area contributed by atoms with Crippen LogP contribution in [0.15, 0.2) is 42.6 Å². The van der Waals surface area contributed by atoms with Gasteiger partial charge in [0.05, 0.1) is 23.1 Å². The van der Waals surface area contributed by atoms with Gasteiger partial charge in [0, 0.05) is 70.6 Å². The fourth-order valence-corrected chi connectivity index (χ4v) is 7.34. The molecule has 3 aromatic rings. The van der Waals surface area contributed by atoms with Crippen LogP contribution in [0.4, 0.5) is 11.4 Å². The number of hydrogen-bond donors (Lipinski definition) is 1. The molecule has 0 unspecified atom stereocenters. The number of anilines is 2. The number of aryl methyl sites for hydroxylation is 3. The first kappa shape index (κ1) is 44.0. The number of carbonyl (C=O) groups excluding carboxylic acids is 4. The van der Waals surface area contributed by atoms with Crippen LogP contribution >= 0.6 is 0 Å². The van der Waals surface area contributed by atoms with E-state index in [1.807, 2.05) is 64.2 Å². The summed E-state index contributed by atoms with van der Waals surface area (Å²) in [5, 5.41) is 4.17. The Balaban J connectivity index is 0.000000250. The normalized spacial score (nSPS) is 14.7. The Morgan fingerprint density at radius 1 is 0.926 bits per heavy atom.